The molecule has 15 heavy (non-hydrogen) atoms. The Kier molecular flexibility index (Phi) is 12.6. The highest BCUT2D eigenvalue weighted by molar-refractivity contribution is 7.99. The Morgan fingerprint density at radius 3 is 2.60 bits per heavy atom. The van der Waals surface area contributed by atoms with Gasteiger partial charge in [-0.2, -0.15) is 11.8 Å². The molecule has 0 aliphatic carbocycles. The molecule has 0 spiro atoms. The second kappa shape index (κ2) is 12.3. The maximum absolute atomic E-state index is 4.99. The van der Waals surface area contributed by atoms with Crippen LogP contribution in [0.4, 0.5) is 0 Å². The van der Waals surface area contributed by atoms with Crippen LogP contribution < -0.4 is 5.32 Å². The quantitative estimate of drug-likeness (QED) is 0.555. The van der Waals surface area contributed by atoms with Crippen LogP contribution >= 0.6 is 11.8 Å². The highest BCUT2D eigenvalue weighted by Crippen LogP contribution is 2.03. The van der Waals surface area contributed by atoms with E-state index in [2.05, 4.69) is 19.2 Å². The predicted octanol–water partition coefficient (Wildman–Crippen LogP) is 2.78. The van der Waals surface area contributed by atoms with Gasteiger partial charge in [-0.25, -0.2) is 0 Å². The zero-order valence-corrected chi connectivity index (χ0v) is 11.4. The first-order valence-electron chi connectivity index (χ1n) is 6.04. The molecule has 0 unspecified atom stereocenters. The fourth-order valence-corrected chi connectivity index (χ4v) is 2.13. The van der Waals surface area contributed by atoms with Gasteiger partial charge in [-0.1, -0.05) is 13.8 Å². The Labute approximate surface area is 99.5 Å². The third-order valence-corrected chi connectivity index (χ3v) is 3.27. The number of nitrogens with one attached hydrogen (secondary N) is 1. The van der Waals surface area contributed by atoms with Gasteiger partial charge >= 0.3 is 0 Å². The molecule has 0 fully saturated rings. The Morgan fingerprint density at radius 1 is 1.13 bits per heavy atom. The standard InChI is InChI=1S/C12H27NOS/c1-12(2)6-4-7-13-8-11-15-10-5-9-14-3/h12-13H,4-11H2,1-3H3. The van der Waals surface area contributed by atoms with Crippen molar-refractivity contribution in [1.29, 1.82) is 0 Å². The van der Waals surface area contributed by atoms with E-state index in [1.807, 2.05) is 11.8 Å². The average molecular weight is 233 g/mol. The molecular weight excluding hydrogens is 206 g/mol. The van der Waals surface area contributed by atoms with Gasteiger partial charge in [0, 0.05) is 26.0 Å². The van der Waals surface area contributed by atoms with E-state index in [-0.39, 0.29) is 0 Å². The number of thioether (sulfide) groups is 1. The molecular formula is C12H27NOS. The molecule has 0 aromatic heterocycles. The number of hydrogen-bond acceptors (Lipinski definition) is 3. The van der Waals surface area contributed by atoms with E-state index in [0.717, 1.165) is 19.1 Å². The van der Waals surface area contributed by atoms with Gasteiger partial charge in [0.1, 0.15) is 0 Å². The van der Waals surface area contributed by atoms with E-state index >= 15 is 0 Å². The van der Waals surface area contributed by atoms with Gasteiger partial charge in [0.15, 0.2) is 0 Å². The maximum atomic E-state index is 4.99. The van der Waals surface area contributed by atoms with E-state index < -0.39 is 0 Å². The minimum absolute atomic E-state index is 0.843. The van der Waals surface area contributed by atoms with Crippen LogP contribution in [0.15, 0.2) is 0 Å². The van der Waals surface area contributed by atoms with E-state index in [1.54, 1.807) is 7.11 Å². The van der Waals surface area contributed by atoms with Crippen molar-refractivity contribution >= 4 is 11.8 Å². The summed E-state index contributed by atoms with van der Waals surface area (Å²) in [5.41, 5.74) is 0. The third kappa shape index (κ3) is 14.3. The molecule has 0 aromatic carbocycles. The largest absolute Gasteiger partial charge is 0.385 e. The first kappa shape index (κ1) is 15.3. The lowest BCUT2D eigenvalue weighted by Crippen LogP contribution is -2.19. The van der Waals surface area contributed by atoms with Crippen LogP contribution in [0, 0.1) is 5.92 Å². The van der Waals surface area contributed by atoms with Gasteiger partial charge in [0.05, 0.1) is 0 Å². The Morgan fingerprint density at radius 2 is 1.93 bits per heavy atom. The molecule has 0 rings (SSSR count). The van der Waals surface area contributed by atoms with Crippen LogP contribution in [0.5, 0.6) is 0 Å². The van der Waals surface area contributed by atoms with Crippen molar-refractivity contribution in [3.8, 4) is 0 Å². The molecule has 0 saturated carbocycles. The maximum Gasteiger partial charge on any atom is 0.0470 e. The topological polar surface area (TPSA) is 21.3 Å². The lowest BCUT2D eigenvalue weighted by molar-refractivity contribution is 0.200. The van der Waals surface area contributed by atoms with Crippen LogP contribution in [0.25, 0.3) is 0 Å². The van der Waals surface area contributed by atoms with Crippen molar-refractivity contribution in [2.24, 2.45) is 5.92 Å². The summed E-state index contributed by atoms with van der Waals surface area (Å²) in [4.78, 5) is 0. The Hall–Kier alpha value is 0.270. The fourth-order valence-electron chi connectivity index (χ4n) is 1.31. The van der Waals surface area contributed by atoms with E-state index in [0.29, 0.717) is 0 Å². The molecule has 2 nitrogen and oxygen atoms in total. The lowest BCUT2D eigenvalue weighted by atomic mass is 10.1. The minimum Gasteiger partial charge on any atom is -0.385 e. The predicted molar refractivity (Wildman–Crippen MR) is 70.8 cm³/mol. The molecule has 0 atom stereocenters. The zero-order chi connectivity index (χ0) is 11.4. The smallest absolute Gasteiger partial charge is 0.0470 e. The molecule has 0 aromatic rings. The molecule has 1 N–H and O–H groups in total. The van der Waals surface area contributed by atoms with Gasteiger partial charge in [-0.3, -0.25) is 0 Å². The highest BCUT2D eigenvalue weighted by Gasteiger charge is 1.93. The Balaban J connectivity index is 2.87. The molecule has 0 bridgehead atoms. The van der Waals surface area contributed by atoms with Crippen molar-refractivity contribution in [2.45, 2.75) is 33.1 Å². The number of methoxy groups -OCH3 is 1. The molecule has 92 valence electrons. The normalized spacial score (nSPS) is 11.2. The fraction of sp³-hybridized carbons (Fsp3) is 1.00. The summed E-state index contributed by atoms with van der Waals surface area (Å²) < 4.78 is 4.99. The molecule has 0 saturated heterocycles. The minimum atomic E-state index is 0.843. The summed E-state index contributed by atoms with van der Waals surface area (Å²) in [7, 11) is 1.76. The number of ether oxygens (including phenoxy) is 1. The van der Waals surface area contributed by atoms with Gasteiger partial charge in [0.25, 0.3) is 0 Å². The van der Waals surface area contributed by atoms with Gasteiger partial charge in [-0.15, -0.1) is 0 Å². The van der Waals surface area contributed by atoms with Crippen LogP contribution in [0.1, 0.15) is 33.1 Å². The van der Waals surface area contributed by atoms with Crippen molar-refractivity contribution in [3.05, 3.63) is 0 Å². The van der Waals surface area contributed by atoms with Crippen LogP contribution in [0.2, 0.25) is 0 Å². The summed E-state index contributed by atoms with van der Waals surface area (Å²) >= 11 is 2.02. The summed E-state index contributed by atoms with van der Waals surface area (Å²) in [6.45, 7) is 7.79. The molecule has 0 heterocycles. The molecule has 3 heteroatoms. The zero-order valence-electron chi connectivity index (χ0n) is 10.6. The first-order chi connectivity index (χ1) is 7.27. The molecule has 0 radical (unpaired) electrons. The van der Waals surface area contributed by atoms with E-state index in [9.17, 15) is 0 Å². The highest BCUT2D eigenvalue weighted by atomic mass is 32.2. The van der Waals surface area contributed by atoms with E-state index in [4.69, 9.17) is 4.74 Å². The summed E-state index contributed by atoms with van der Waals surface area (Å²) in [6.07, 6.45) is 3.83. The van der Waals surface area contributed by atoms with Crippen molar-refractivity contribution in [1.82, 2.24) is 5.32 Å². The summed E-state index contributed by atoms with van der Waals surface area (Å²) in [5.74, 6) is 3.29. The summed E-state index contributed by atoms with van der Waals surface area (Å²) in [5, 5.41) is 3.48. The number of hydrogen-bond donors (Lipinski definition) is 1. The molecule has 0 amide bonds. The lowest BCUT2D eigenvalue weighted by Gasteiger charge is -2.06. The van der Waals surface area contributed by atoms with E-state index in [1.165, 1.54) is 37.3 Å². The third-order valence-electron chi connectivity index (χ3n) is 2.20. The second-order valence-electron chi connectivity index (χ2n) is 4.24. The van der Waals surface area contributed by atoms with Crippen LogP contribution in [-0.4, -0.2) is 38.3 Å². The van der Waals surface area contributed by atoms with Crippen LogP contribution in [-0.2, 0) is 4.74 Å². The van der Waals surface area contributed by atoms with Crippen molar-refractivity contribution < 1.29 is 4.74 Å². The first-order valence-corrected chi connectivity index (χ1v) is 7.20. The monoisotopic (exact) mass is 233 g/mol. The van der Waals surface area contributed by atoms with Gasteiger partial charge in [-0.05, 0) is 37.5 Å². The average Bonchev–Trinajstić information content (AvgIpc) is 2.20. The van der Waals surface area contributed by atoms with Crippen molar-refractivity contribution in [3.63, 3.8) is 0 Å². The molecule has 0 aliphatic heterocycles. The Bertz CT molecular complexity index is 120. The molecule has 0 aliphatic rings. The number of rotatable bonds is 11. The second-order valence-corrected chi connectivity index (χ2v) is 5.47. The SMILES string of the molecule is COCCCSCCNCCCC(C)C. The van der Waals surface area contributed by atoms with Gasteiger partial charge in [0.2, 0.25) is 0 Å². The van der Waals surface area contributed by atoms with Crippen LogP contribution in [0.3, 0.4) is 0 Å². The van der Waals surface area contributed by atoms with Gasteiger partial charge < -0.3 is 10.1 Å². The summed E-state index contributed by atoms with van der Waals surface area (Å²) in [6, 6.07) is 0. The van der Waals surface area contributed by atoms with Crippen molar-refractivity contribution in [2.75, 3.05) is 38.3 Å².